The maximum absolute atomic E-state index is 6.08. The number of hydrogen-bond donors (Lipinski definition) is 2. The van der Waals surface area contributed by atoms with Gasteiger partial charge in [0.15, 0.2) is 5.76 Å². The number of rotatable bonds is 6. The second kappa shape index (κ2) is 11.0. The van der Waals surface area contributed by atoms with E-state index in [-0.39, 0.29) is 0 Å². The first kappa shape index (κ1) is 21.3. The van der Waals surface area contributed by atoms with Gasteiger partial charge in [0.2, 0.25) is 0 Å². The molecule has 0 amide bonds. The zero-order valence-electron chi connectivity index (χ0n) is 15.6. The van der Waals surface area contributed by atoms with Crippen molar-refractivity contribution >= 4 is 24.0 Å². The van der Waals surface area contributed by atoms with Crippen LogP contribution in [0.2, 0.25) is 5.02 Å². The van der Waals surface area contributed by atoms with Gasteiger partial charge < -0.3 is 15.8 Å². The first-order chi connectivity index (χ1) is 12.4. The van der Waals surface area contributed by atoms with Crippen LogP contribution in [0.15, 0.2) is 71.7 Å². The number of hydrogen-bond acceptors (Lipinski definition) is 4. The van der Waals surface area contributed by atoms with Crippen LogP contribution in [0.3, 0.4) is 0 Å². The maximum atomic E-state index is 6.08. The molecule has 0 unspecified atom stereocenters. The normalized spacial score (nSPS) is 10.4. The number of anilines is 1. The van der Waals surface area contributed by atoms with Crippen molar-refractivity contribution in [1.29, 1.82) is 0 Å². The third-order valence-electron chi connectivity index (χ3n) is 3.68. The fourth-order valence-electron chi connectivity index (χ4n) is 2.12. The number of aliphatic imine (C=N–C) groups is 1. The van der Waals surface area contributed by atoms with E-state index in [9.17, 15) is 0 Å². The molecule has 0 aliphatic rings. The smallest absolute Gasteiger partial charge is 0.159 e. The second-order valence-electron chi connectivity index (χ2n) is 5.60. The van der Waals surface area contributed by atoms with Crippen LogP contribution < -0.4 is 11.1 Å². The standard InChI is InChI=1S/C15H16ClN.C6H10N2O/c1-11-9-15(12(2)8-14(11)16)17-10-13-6-4-3-5-7-13;1-5(8-2)6(4-7)9-3/h3-9,17H,10H2,1-2H3;4H,1-2,7H2,3H3/b;6-4+. The highest BCUT2D eigenvalue weighted by Crippen LogP contribution is 2.24. The van der Waals surface area contributed by atoms with E-state index < -0.39 is 0 Å². The van der Waals surface area contributed by atoms with Crippen molar-refractivity contribution in [2.24, 2.45) is 10.7 Å². The average Bonchev–Trinajstić information content (AvgIpc) is 2.65. The molecule has 0 bridgehead atoms. The third-order valence-corrected chi connectivity index (χ3v) is 4.09. The van der Waals surface area contributed by atoms with Gasteiger partial charge >= 0.3 is 0 Å². The fourth-order valence-corrected chi connectivity index (χ4v) is 2.34. The van der Waals surface area contributed by atoms with Crippen molar-refractivity contribution in [1.82, 2.24) is 0 Å². The Kier molecular flexibility index (Phi) is 9.02. The molecule has 0 aliphatic carbocycles. The highest BCUT2D eigenvalue weighted by molar-refractivity contribution is 6.31. The summed E-state index contributed by atoms with van der Waals surface area (Å²) in [5, 5.41) is 4.27. The number of nitrogens with two attached hydrogens (primary N) is 1. The molecule has 0 radical (unpaired) electrons. The van der Waals surface area contributed by atoms with E-state index in [0.717, 1.165) is 22.8 Å². The highest BCUT2D eigenvalue weighted by atomic mass is 35.5. The fraction of sp³-hybridized carbons (Fsp3) is 0.190. The van der Waals surface area contributed by atoms with Crippen molar-refractivity contribution in [2.75, 3.05) is 12.4 Å². The zero-order chi connectivity index (χ0) is 19.5. The predicted octanol–water partition coefficient (Wildman–Crippen LogP) is 5.22. The second-order valence-corrected chi connectivity index (χ2v) is 6.00. The van der Waals surface area contributed by atoms with Gasteiger partial charge in [-0.3, -0.25) is 4.99 Å². The molecule has 4 nitrogen and oxygen atoms in total. The van der Waals surface area contributed by atoms with Crippen LogP contribution in [-0.4, -0.2) is 13.8 Å². The van der Waals surface area contributed by atoms with Crippen molar-refractivity contribution in [3.8, 4) is 0 Å². The molecule has 0 aliphatic heterocycles. The minimum Gasteiger partial charge on any atom is -0.493 e. The molecule has 2 aromatic rings. The van der Waals surface area contributed by atoms with Gasteiger partial charge in [-0.25, -0.2) is 0 Å². The van der Waals surface area contributed by atoms with Gasteiger partial charge in [-0.05, 0) is 49.4 Å². The molecule has 0 spiro atoms. The summed E-state index contributed by atoms with van der Waals surface area (Å²) >= 11 is 6.08. The molecule has 2 rings (SSSR count). The van der Waals surface area contributed by atoms with Crippen LogP contribution in [0.5, 0.6) is 0 Å². The quantitative estimate of drug-likeness (QED) is 0.416. The summed E-state index contributed by atoms with van der Waals surface area (Å²) in [5.74, 6) is 0.449. The molecule has 26 heavy (non-hydrogen) atoms. The summed E-state index contributed by atoms with van der Waals surface area (Å²) < 4.78 is 4.75. The Bertz CT molecular complexity index is 770. The zero-order valence-corrected chi connectivity index (χ0v) is 16.3. The lowest BCUT2D eigenvalue weighted by atomic mass is 10.1. The number of methoxy groups -OCH3 is 1. The third kappa shape index (κ3) is 6.65. The molecule has 0 aromatic heterocycles. The lowest BCUT2D eigenvalue weighted by Crippen LogP contribution is -2.01. The van der Waals surface area contributed by atoms with E-state index in [1.807, 2.05) is 19.1 Å². The number of aryl methyl sites for hydroxylation is 2. The molecule has 138 valence electrons. The minimum atomic E-state index is 0.444. The van der Waals surface area contributed by atoms with Crippen LogP contribution in [0.1, 0.15) is 16.7 Å². The Labute approximate surface area is 161 Å². The van der Waals surface area contributed by atoms with Gasteiger partial charge in [-0.1, -0.05) is 48.5 Å². The van der Waals surface area contributed by atoms with E-state index in [4.69, 9.17) is 22.1 Å². The van der Waals surface area contributed by atoms with Gasteiger partial charge in [0.25, 0.3) is 0 Å². The highest BCUT2D eigenvalue weighted by Gasteiger charge is 2.02. The Morgan fingerprint density at radius 3 is 2.38 bits per heavy atom. The summed E-state index contributed by atoms with van der Waals surface area (Å²) in [6.45, 7) is 11.7. The minimum absolute atomic E-state index is 0.444. The van der Waals surface area contributed by atoms with Crippen LogP contribution in [0.25, 0.3) is 0 Å². The van der Waals surface area contributed by atoms with E-state index in [1.165, 1.54) is 24.4 Å². The van der Waals surface area contributed by atoms with Gasteiger partial charge in [0, 0.05) is 23.5 Å². The molecule has 0 saturated heterocycles. The van der Waals surface area contributed by atoms with Crippen molar-refractivity contribution in [3.05, 3.63) is 88.4 Å². The van der Waals surface area contributed by atoms with Gasteiger partial charge in [0.1, 0.15) is 0 Å². The maximum Gasteiger partial charge on any atom is 0.159 e. The number of nitrogens with zero attached hydrogens (tertiary/aromatic N) is 1. The van der Waals surface area contributed by atoms with Crippen molar-refractivity contribution in [3.63, 3.8) is 0 Å². The van der Waals surface area contributed by atoms with Crippen LogP contribution in [-0.2, 0) is 11.3 Å². The number of halogens is 1. The molecule has 0 heterocycles. The van der Waals surface area contributed by atoms with Crippen LogP contribution in [0, 0.1) is 13.8 Å². The van der Waals surface area contributed by atoms with Crippen molar-refractivity contribution < 1.29 is 4.74 Å². The van der Waals surface area contributed by atoms with Gasteiger partial charge in [-0.15, -0.1) is 0 Å². The molecule has 5 heteroatoms. The SMILES string of the molecule is C=NC(=C)/C(=C\N)OC.Cc1cc(NCc2ccccc2)c(C)cc1Cl. The largest absolute Gasteiger partial charge is 0.493 e. The van der Waals surface area contributed by atoms with Crippen LogP contribution in [0.4, 0.5) is 5.69 Å². The van der Waals surface area contributed by atoms with E-state index >= 15 is 0 Å². The molecular formula is C21H26ClN3O. The van der Waals surface area contributed by atoms with E-state index in [1.54, 1.807) is 0 Å². The number of benzene rings is 2. The number of nitrogens with one attached hydrogen (secondary N) is 1. The van der Waals surface area contributed by atoms with Gasteiger partial charge in [0.05, 0.1) is 12.8 Å². The first-order valence-electron chi connectivity index (χ1n) is 8.09. The Morgan fingerprint density at radius 1 is 1.23 bits per heavy atom. The van der Waals surface area contributed by atoms with Crippen LogP contribution >= 0.6 is 11.6 Å². The summed E-state index contributed by atoms with van der Waals surface area (Å²) in [5.41, 5.74) is 10.3. The topological polar surface area (TPSA) is 59.6 Å². The summed E-state index contributed by atoms with van der Waals surface area (Å²) in [6, 6.07) is 14.5. The van der Waals surface area contributed by atoms with E-state index in [2.05, 4.69) is 60.9 Å². The summed E-state index contributed by atoms with van der Waals surface area (Å²) in [6.07, 6.45) is 1.29. The van der Waals surface area contributed by atoms with Crippen molar-refractivity contribution in [2.45, 2.75) is 20.4 Å². The molecule has 0 fully saturated rings. The van der Waals surface area contributed by atoms with E-state index in [0.29, 0.717) is 11.5 Å². The molecule has 0 saturated carbocycles. The first-order valence-corrected chi connectivity index (χ1v) is 8.47. The summed E-state index contributed by atoms with van der Waals surface area (Å²) in [7, 11) is 1.50. The molecule has 0 atom stereocenters. The lowest BCUT2D eigenvalue weighted by Gasteiger charge is -2.11. The Balaban J connectivity index is 0.000000321. The molecule has 2 aromatic carbocycles. The molecular weight excluding hydrogens is 346 g/mol. The monoisotopic (exact) mass is 371 g/mol. The lowest BCUT2D eigenvalue weighted by molar-refractivity contribution is 0.299. The Morgan fingerprint density at radius 2 is 1.88 bits per heavy atom. The predicted molar refractivity (Wildman–Crippen MR) is 113 cm³/mol. The van der Waals surface area contributed by atoms with Gasteiger partial charge in [-0.2, -0.15) is 0 Å². The Hall–Kier alpha value is -2.72. The molecule has 3 N–H and O–H groups in total. The number of ether oxygens (including phenoxy) is 1. The summed E-state index contributed by atoms with van der Waals surface area (Å²) in [4.78, 5) is 3.51. The average molecular weight is 372 g/mol.